The Kier molecular flexibility index (Phi) is 7.68. The number of aliphatic hydroxyl groups excluding tert-OH is 2. The molecule has 0 saturated carbocycles. The van der Waals surface area contributed by atoms with Gasteiger partial charge in [0, 0.05) is 18.7 Å². The number of carbonyl (C=O) groups excluding carboxylic acids is 2. The second kappa shape index (κ2) is 10.6. The Hall–Kier alpha value is -3.58. The highest BCUT2D eigenvalue weighted by atomic mass is 16.5. The minimum Gasteiger partial charge on any atom is -0.507 e. The lowest BCUT2D eigenvalue weighted by atomic mass is 9.95. The summed E-state index contributed by atoms with van der Waals surface area (Å²) in [5.74, 6) is -0.462. The van der Waals surface area contributed by atoms with Crippen molar-refractivity contribution >= 4 is 17.4 Å². The van der Waals surface area contributed by atoms with Crippen LogP contribution in [0.1, 0.15) is 30.5 Å². The molecule has 168 valence electrons. The number of hydrogen-bond donors (Lipinski definition) is 2. The molecule has 7 nitrogen and oxygen atoms in total. The summed E-state index contributed by atoms with van der Waals surface area (Å²) in [6, 6.07) is 12.9. The summed E-state index contributed by atoms with van der Waals surface area (Å²) in [7, 11) is 0. The van der Waals surface area contributed by atoms with Crippen LogP contribution >= 0.6 is 0 Å². The van der Waals surface area contributed by atoms with Gasteiger partial charge in [-0.1, -0.05) is 24.8 Å². The molecular formula is C25H27NO6. The molecule has 2 aromatic rings. The van der Waals surface area contributed by atoms with Gasteiger partial charge < -0.3 is 24.6 Å². The van der Waals surface area contributed by atoms with Crippen LogP contribution in [0.15, 0.2) is 66.8 Å². The smallest absolute Gasteiger partial charge is 0.295 e. The van der Waals surface area contributed by atoms with Gasteiger partial charge in [0.05, 0.1) is 18.2 Å². The van der Waals surface area contributed by atoms with Crippen LogP contribution in [0.5, 0.6) is 11.5 Å². The number of nitrogens with zero attached hydrogens (tertiary/aromatic N) is 1. The average molecular weight is 437 g/mol. The van der Waals surface area contributed by atoms with Crippen LogP contribution in [-0.2, 0) is 9.59 Å². The van der Waals surface area contributed by atoms with Crippen molar-refractivity contribution in [3.8, 4) is 11.5 Å². The number of hydrogen-bond acceptors (Lipinski definition) is 6. The van der Waals surface area contributed by atoms with E-state index in [2.05, 4.69) is 6.58 Å². The fourth-order valence-corrected chi connectivity index (χ4v) is 3.63. The van der Waals surface area contributed by atoms with Gasteiger partial charge >= 0.3 is 0 Å². The molecule has 1 saturated heterocycles. The minimum atomic E-state index is -0.776. The van der Waals surface area contributed by atoms with Gasteiger partial charge in [-0.3, -0.25) is 9.59 Å². The van der Waals surface area contributed by atoms with Crippen molar-refractivity contribution in [2.75, 3.05) is 26.4 Å². The van der Waals surface area contributed by atoms with Crippen LogP contribution in [-0.4, -0.2) is 53.2 Å². The zero-order valence-corrected chi connectivity index (χ0v) is 18.0. The Balaban J connectivity index is 2.04. The van der Waals surface area contributed by atoms with E-state index >= 15 is 0 Å². The summed E-state index contributed by atoms with van der Waals surface area (Å²) < 4.78 is 10.9. The highest BCUT2D eigenvalue weighted by Gasteiger charge is 2.45. The van der Waals surface area contributed by atoms with E-state index in [9.17, 15) is 19.8 Å². The number of ether oxygens (including phenoxy) is 2. The van der Waals surface area contributed by atoms with E-state index in [1.54, 1.807) is 54.6 Å². The van der Waals surface area contributed by atoms with Gasteiger partial charge in [-0.2, -0.15) is 0 Å². The van der Waals surface area contributed by atoms with Crippen LogP contribution in [0.3, 0.4) is 0 Å². The van der Waals surface area contributed by atoms with Gasteiger partial charge in [0.25, 0.3) is 11.7 Å². The maximum atomic E-state index is 12.9. The summed E-state index contributed by atoms with van der Waals surface area (Å²) in [6.45, 7) is 6.41. The van der Waals surface area contributed by atoms with Crippen LogP contribution in [0.4, 0.5) is 0 Å². The molecule has 1 aliphatic rings. The van der Waals surface area contributed by atoms with Crippen molar-refractivity contribution in [3.63, 3.8) is 0 Å². The van der Waals surface area contributed by atoms with Crippen LogP contribution in [0, 0.1) is 0 Å². The zero-order valence-electron chi connectivity index (χ0n) is 18.0. The molecular weight excluding hydrogens is 410 g/mol. The molecule has 1 fully saturated rings. The second-order valence-electron chi connectivity index (χ2n) is 7.20. The van der Waals surface area contributed by atoms with Gasteiger partial charge in [0.1, 0.15) is 23.9 Å². The standard InChI is InChI=1S/C25H27NO6/c1-3-16-32-20-10-6-17(7-11-20)22-21(24(29)25(30)26(22)14-5-15-27)23(28)18-8-12-19(13-9-18)31-4-2/h3,6-13,22,27-28H,1,4-5,14-16H2,2H3/t22-/m0/s1. The lowest BCUT2D eigenvalue weighted by Crippen LogP contribution is -2.31. The predicted molar refractivity (Wildman–Crippen MR) is 120 cm³/mol. The first-order valence-corrected chi connectivity index (χ1v) is 10.5. The number of rotatable bonds is 10. The van der Waals surface area contributed by atoms with E-state index in [0.717, 1.165) is 0 Å². The van der Waals surface area contributed by atoms with Crippen molar-refractivity contribution in [3.05, 3.63) is 77.9 Å². The lowest BCUT2D eigenvalue weighted by molar-refractivity contribution is -0.140. The van der Waals surface area contributed by atoms with Gasteiger partial charge in [-0.15, -0.1) is 0 Å². The van der Waals surface area contributed by atoms with Gasteiger partial charge in [-0.25, -0.2) is 0 Å². The van der Waals surface area contributed by atoms with Gasteiger partial charge in [0.15, 0.2) is 0 Å². The molecule has 1 amide bonds. The van der Waals surface area contributed by atoms with Crippen molar-refractivity contribution in [1.82, 2.24) is 4.90 Å². The molecule has 2 N–H and O–H groups in total. The van der Waals surface area contributed by atoms with Crippen molar-refractivity contribution in [2.24, 2.45) is 0 Å². The van der Waals surface area contributed by atoms with Gasteiger partial charge in [0.2, 0.25) is 0 Å². The molecule has 0 radical (unpaired) electrons. The molecule has 0 bridgehead atoms. The number of likely N-dealkylation sites (tertiary alicyclic amines) is 1. The van der Waals surface area contributed by atoms with E-state index in [-0.39, 0.29) is 24.5 Å². The number of Topliss-reactive ketones (excluding diaryl/α,β-unsaturated/α-hetero) is 1. The quantitative estimate of drug-likeness (QED) is 0.256. The zero-order chi connectivity index (χ0) is 23.1. The summed E-state index contributed by atoms with van der Waals surface area (Å²) in [5.41, 5.74) is 1.07. The number of benzene rings is 2. The first-order chi connectivity index (χ1) is 15.5. The monoisotopic (exact) mass is 437 g/mol. The topological polar surface area (TPSA) is 96.3 Å². The highest BCUT2D eigenvalue weighted by Crippen LogP contribution is 2.40. The number of carbonyl (C=O) groups is 2. The molecule has 0 spiro atoms. The van der Waals surface area contributed by atoms with Crippen LogP contribution in [0.2, 0.25) is 0 Å². The van der Waals surface area contributed by atoms with Crippen molar-refractivity contribution < 1.29 is 29.3 Å². The lowest BCUT2D eigenvalue weighted by Gasteiger charge is -2.25. The van der Waals surface area contributed by atoms with E-state index in [1.165, 1.54) is 4.90 Å². The van der Waals surface area contributed by atoms with E-state index < -0.39 is 17.7 Å². The SMILES string of the molecule is C=CCOc1ccc([C@H]2C(=C(O)c3ccc(OCC)cc3)C(=O)C(=O)N2CCCO)cc1. The van der Waals surface area contributed by atoms with E-state index in [4.69, 9.17) is 9.47 Å². The third-order valence-corrected chi connectivity index (χ3v) is 5.10. The van der Waals surface area contributed by atoms with Crippen LogP contribution < -0.4 is 9.47 Å². The summed E-state index contributed by atoms with van der Waals surface area (Å²) in [5, 5.41) is 20.3. The fourth-order valence-electron chi connectivity index (χ4n) is 3.63. The first kappa shape index (κ1) is 23.1. The fraction of sp³-hybridized carbons (Fsp3) is 0.280. The third kappa shape index (κ3) is 4.84. The van der Waals surface area contributed by atoms with E-state index in [1.807, 2.05) is 6.92 Å². The van der Waals surface area contributed by atoms with Gasteiger partial charge in [-0.05, 0) is 55.3 Å². The predicted octanol–water partition coefficient (Wildman–Crippen LogP) is 3.45. The molecule has 0 aliphatic carbocycles. The summed E-state index contributed by atoms with van der Waals surface area (Å²) in [6.07, 6.45) is 1.95. The Labute approximate surface area is 187 Å². The van der Waals surface area contributed by atoms with Crippen molar-refractivity contribution in [1.29, 1.82) is 0 Å². The molecule has 0 aromatic heterocycles. The Morgan fingerprint density at radius 3 is 2.28 bits per heavy atom. The Morgan fingerprint density at radius 1 is 1.06 bits per heavy atom. The second-order valence-corrected chi connectivity index (χ2v) is 7.20. The maximum Gasteiger partial charge on any atom is 0.295 e. The molecule has 1 aliphatic heterocycles. The minimum absolute atomic E-state index is 0.0110. The Bertz CT molecular complexity index is 994. The number of aliphatic hydroxyl groups is 2. The normalized spacial score (nSPS) is 17.4. The molecule has 1 atom stereocenters. The summed E-state index contributed by atoms with van der Waals surface area (Å²) >= 11 is 0. The number of amides is 1. The number of ketones is 1. The van der Waals surface area contributed by atoms with Crippen molar-refractivity contribution in [2.45, 2.75) is 19.4 Å². The third-order valence-electron chi connectivity index (χ3n) is 5.10. The van der Waals surface area contributed by atoms with Crippen LogP contribution in [0.25, 0.3) is 5.76 Å². The maximum absolute atomic E-state index is 12.9. The molecule has 7 heteroatoms. The molecule has 2 aromatic carbocycles. The first-order valence-electron chi connectivity index (χ1n) is 10.5. The average Bonchev–Trinajstić information content (AvgIpc) is 3.06. The highest BCUT2D eigenvalue weighted by molar-refractivity contribution is 6.46. The largest absolute Gasteiger partial charge is 0.507 e. The Morgan fingerprint density at radius 2 is 1.69 bits per heavy atom. The molecule has 0 unspecified atom stereocenters. The molecule has 1 heterocycles. The molecule has 32 heavy (non-hydrogen) atoms. The molecule has 3 rings (SSSR count). The summed E-state index contributed by atoms with van der Waals surface area (Å²) in [4.78, 5) is 27.1. The van der Waals surface area contributed by atoms with E-state index in [0.29, 0.717) is 42.3 Å².